The van der Waals surface area contributed by atoms with Gasteiger partial charge in [0, 0.05) is 12.1 Å². The minimum Gasteiger partial charge on any atom is -0.379 e. The van der Waals surface area contributed by atoms with E-state index in [1.54, 1.807) is 12.1 Å². The summed E-state index contributed by atoms with van der Waals surface area (Å²) in [5, 5.41) is 2.84. The Balaban J connectivity index is 2.12. The van der Waals surface area contributed by atoms with Crippen molar-refractivity contribution >= 4 is 11.6 Å². The molecule has 0 saturated heterocycles. The van der Waals surface area contributed by atoms with Crippen molar-refractivity contribution in [2.24, 2.45) is 5.73 Å². The largest absolute Gasteiger partial charge is 0.379 e. The quantitative estimate of drug-likeness (QED) is 0.890. The van der Waals surface area contributed by atoms with Crippen LogP contribution < -0.4 is 11.1 Å². The number of anilines is 1. The van der Waals surface area contributed by atoms with Crippen LogP contribution in [0.15, 0.2) is 42.5 Å². The Morgan fingerprint density at radius 1 is 1.11 bits per heavy atom. The summed E-state index contributed by atoms with van der Waals surface area (Å²) in [6.45, 7) is 0.319. The zero-order valence-corrected chi connectivity index (χ0v) is 9.99. The molecule has 0 aromatic heterocycles. The Morgan fingerprint density at radius 2 is 1.79 bits per heavy atom. The molecule has 0 unspecified atom stereocenters. The fraction of sp³-hybridized carbons (Fsp3) is 0.0714. The van der Waals surface area contributed by atoms with Crippen LogP contribution >= 0.6 is 0 Å². The number of primary amides is 1. The van der Waals surface area contributed by atoms with E-state index in [2.05, 4.69) is 5.32 Å². The van der Waals surface area contributed by atoms with Crippen LogP contribution in [-0.2, 0) is 6.54 Å². The zero-order chi connectivity index (χ0) is 13.8. The number of nitrogens with one attached hydrogen (secondary N) is 1. The zero-order valence-electron chi connectivity index (χ0n) is 9.99. The third-order valence-electron chi connectivity index (χ3n) is 2.65. The van der Waals surface area contributed by atoms with Crippen LogP contribution in [0.1, 0.15) is 15.9 Å². The van der Waals surface area contributed by atoms with Crippen molar-refractivity contribution in [1.29, 1.82) is 0 Å². The standard InChI is InChI=1S/C14H12F2N2O/c15-11-4-1-9(2-5-11)8-18-13-7-10(14(17)19)3-6-12(13)16/h1-7,18H,8H2,(H2,17,19). The average molecular weight is 262 g/mol. The Kier molecular flexibility index (Phi) is 3.75. The lowest BCUT2D eigenvalue weighted by Gasteiger charge is -2.08. The Morgan fingerprint density at radius 3 is 2.42 bits per heavy atom. The maximum atomic E-state index is 13.5. The van der Waals surface area contributed by atoms with E-state index in [9.17, 15) is 13.6 Å². The van der Waals surface area contributed by atoms with Gasteiger partial charge in [0.25, 0.3) is 0 Å². The van der Waals surface area contributed by atoms with Gasteiger partial charge in [-0.15, -0.1) is 0 Å². The van der Waals surface area contributed by atoms with Crippen LogP contribution in [0.4, 0.5) is 14.5 Å². The molecular weight excluding hydrogens is 250 g/mol. The van der Waals surface area contributed by atoms with E-state index < -0.39 is 11.7 Å². The first-order valence-corrected chi connectivity index (χ1v) is 5.64. The lowest BCUT2D eigenvalue weighted by molar-refractivity contribution is 0.100. The summed E-state index contributed by atoms with van der Waals surface area (Å²) in [5.74, 6) is -1.43. The summed E-state index contributed by atoms with van der Waals surface area (Å²) in [7, 11) is 0. The summed E-state index contributed by atoms with van der Waals surface area (Å²) in [6.07, 6.45) is 0. The highest BCUT2D eigenvalue weighted by molar-refractivity contribution is 5.93. The van der Waals surface area contributed by atoms with Gasteiger partial charge in [-0.25, -0.2) is 8.78 Å². The predicted octanol–water partition coefficient (Wildman–Crippen LogP) is 2.68. The molecule has 2 aromatic carbocycles. The third-order valence-corrected chi connectivity index (χ3v) is 2.65. The normalized spacial score (nSPS) is 10.2. The van der Waals surface area contributed by atoms with Crippen LogP contribution in [0.2, 0.25) is 0 Å². The molecule has 0 aliphatic heterocycles. The van der Waals surface area contributed by atoms with Gasteiger partial charge in [0.05, 0.1) is 5.69 Å². The number of amides is 1. The first kappa shape index (κ1) is 13.0. The number of nitrogens with two attached hydrogens (primary N) is 1. The van der Waals surface area contributed by atoms with Gasteiger partial charge in [-0.05, 0) is 35.9 Å². The molecule has 0 fully saturated rings. The summed E-state index contributed by atoms with van der Waals surface area (Å²) in [4.78, 5) is 11.0. The molecule has 2 rings (SSSR count). The summed E-state index contributed by atoms with van der Waals surface area (Å²) in [6, 6.07) is 9.69. The number of carbonyl (C=O) groups excluding carboxylic acids is 1. The second-order valence-corrected chi connectivity index (χ2v) is 4.04. The number of benzene rings is 2. The molecule has 3 N–H and O–H groups in total. The Bertz CT molecular complexity index is 597. The lowest BCUT2D eigenvalue weighted by atomic mass is 10.1. The molecule has 3 nitrogen and oxygen atoms in total. The SMILES string of the molecule is NC(=O)c1ccc(F)c(NCc2ccc(F)cc2)c1. The molecule has 0 aliphatic rings. The number of halogens is 2. The van der Waals surface area contributed by atoms with E-state index in [-0.39, 0.29) is 17.1 Å². The second kappa shape index (κ2) is 5.48. The van der Waals surface area contributed by atoms with Gasteiger partial charge in [-0.2, -0.15) is 0 Å². The highest BCUT2D eigenvalue weighted by atomic mass is 19.1. The van der Waals surface area contributed by atoms with Gasteiger partial charge < -0.3 is 11.1 Å². The molecule has 0 aliphatic carbocycles. The van der Waals surface area contributed by atoms with Crippen LogP contribution in [0.3, 0.4) is 0 Å². The van der Waals surface area contributed by atoms with Gasteiger partial charge in [0.1, 0.15) is 11.6 Å². The molecule has 0 spiro atoms. The van der Waals surface area contributed by atoms with Gasteiger partial charge in [-0.3, -0.25) is 4.79 Å². The van der Waals surface area contributed by atoms with E-state index in [1.807, 2.05) is 0 Å². The summed E-state index contributed by atoms with van der Waals surface area (Å²) in [5.41, 5.74) is 6.33. The monoisotopic (exact) mass is 262 g/mol. The number of rotatable bonds is 4. The van der Waals surface area contributed by atoms with E-state index >= 15 is 0 Å². The van der Waals surface area contributed by atoms with Gasteiger partial charge >= 0.3 is 0 Å². The maximum absolute atomic E-state index is 13.5. The predicted molar refractivity (Wildman–Crippen MR) is 68.6 cm³/mol. The van der Waals surface area contributed by atoms with E-state index in [0.29, 0.717) is 6.54 Å². The smallest absolute Gasteiger partial charge is 0.248 e. The summed E-state index contributed by atoms with van der Waals surface area (Å²) >= 11 is 0. The van der Waals surface area contributed by atoms with Gasteiger partial charge in [-0.1, -0.05) is 12.1 Å². The molecule has 98 valence electrons. The molecule has 0 atom stereocenters. The molecular formula is C14H12F2N2O. The fourth-order valence-corrected chi connectivity index (χ4v) is 1.61. The molecule has 2 aromatic rings. The molecule has 5 heteroatoms. The van der Waals surface area contributed by atoms with Crippen molar-refractivity contribution in [3.63, 3.8) is 0 Å². The molecule has 19 heavy (non-hydrogen) atoms. The van der Waals surface area contributed by atoms with Crippen LogP contribution in [-0.4, -0.2) is 5.91 Å². The molecule has 0 saturated carbocycles. The fourth-order valence-electron chi connectivity index (χ4n) is 1.61. The van der Waals surface area contributed by atoms with E-state index in [4.69, 9.17) is 5.73 Å². The molecule has 0 radical (unpaired) electrons. The van der Waals surface area contributed by atoms with Crippen molar-refractivity contribution in [1.82, 2.24) is 0 Å². The van der Waals surface area contributed by atoms with E-state index in [0.717, 1.165) is 5.56 Å². The van der Waals surface area contributed by atoms with Gasteiger partial charge in [0.15, 0.2) is 0 Å². The van der Waals surface area contributed by atoms with Crippen molar-refractivity contribution in [2.75, 3.05) is 5.32 Å². The Labute approximate surface area is 109 Å². The van der Waals surface area contributed by atoms with Crippen molar-refractivity contribution < 1.29 is 13.6 Å². The number of carbonyl (C=O) groups is 1. The van der Waals surface area contributed by atoms with E-state index in [1.165, 1.54) is 30.3 Å². The topological polar surface area (TPSA) is 55.1 Å². The van der Waals surface area contributed by atoms with Crippen LogP contribution in [0, 0.1) is 11.6 Å². The molecule has 0 bridgehead atoms. The number of hydrogen-bond acceptors (Lipinski definition) is 2. The van der Waals surface area contributed by atoms with Crippen LogP contribution in [0.5, 0.6) is 0 Å². The molecule has 0 heterocycles. The third kappa shape index (κ3) is 3.28. The first-order chi connectivity index (χ1) is 9.06. The molecule has 1 amide bonds. The van der Waals surface area contributed by atoms with Gasteiger partial charge in [0.2, 0.25) is 5.91 Å². The summed E-state index contributed by atoms with van der Waals surface area (Å²) < 4.78 is 26.2. The minimum atomic E-state index is -0.621. The second-order valence-electron chi connectivity index (χ2n) is 4.04. The first-order valence-electron chi connectivity index (χ1n) is 5.64. The average Bonchev–Trinajstić information content (AvgIpc) is 2.39. The highest BCUT2D eigenvalue weighted by Gasteiger charge is 2.06. The van der Waals surface area contributed by atoms with Crippen molar-refractivity contribution in [3.8, 4) is 0 Å². The van der Waals surface area contributed by atoms with Crippen molar-refractivity contribution in [3.05, 3.63) is 65.2 Å². The number of hydrogen-bond donors (Lipinski definition) is 2. The minimum absolute atomic E-state index is 0.181. The lowest BCUT2D eigenvalue weighted by Crippen LogP contribution is -2.12. The maximum Gasteiger partial charge on any atom is 0.248 e. The highest BCUT2D eigenvalue weighted by Crippen LogP contribution is 2.17. The Hall–Kier alpha value is -2.43. The van der Waals surface area contributed by atoms with Crippen LogP contribution in [0.25, 0.3) is 0 Å². The van der Waals surface area contributed by atoms with Crippen molar-refractivity contribution in [2.45, 2.75) is 6.54 Å².